The fourth-order valence-corrected chi connectivity index (χ4v) is 3.52. The first-order valence-corrected chi connectivity index (χ1v) is 10.0. The number of rotatable bonds is 5. The summed E-state index contributed by atoms with van der Waals surface area (Å²) >= 11 is 0. The van der Waals surface area contributed by atoms with E-state index in [0.29, 0.717) is 16.8 Å². The first-order chi connectivity index (χ1) is 16.0. The van der Waals surface area contributed by atoms with E-state index in [-0.39, 0.29) is 17.1 Å². The minimum absolute atomic E-state index is 0.0986. The summed E-state index contributed by atoms with van der Waals surface area (Å²) in [4.78, 5) is 29.7. The van der Waals surface area contributed by atoms with E-state index in [9.17, 15) is 22.8 Å². The van der Waals surface area contributed by atoms with E-state index in [4.69, 9.17) is 5.73 Å². The number of carbonyl (C=O) groups excluding carboxylic acids is 1. The van der Waals surface area contributed by atoms with E-state index in [1.54, 1.807) is 24.5 Å². The number of nitrogens with one attached hydrogen (secondary N) is 1. The van der Waals surface area contributed by atoms with E-state index in [0.717, 1.165) is 6.07 Å². The van der Waals surface area contributed by atoms with E-state index >= 15 is 0 Å². The van der Waals surface area contributed by atoms with Crippen molar-refractivity contribution < 1.29 is 22.7 Å². The summed E-state index contributed by atoms with van der Waals surface area (Å²) in [5, 5.41) is 6.58. The van der Waals surface area contributed by atoms with E-state index in [2.05, 4.69) is 20.1 Å². The number of aryl methyl sites for hydroxylation is 1. The van der Waals surface area contributed by atoms with Gasteiger partial charge in [-0.2, -0.15) is 4.98 Å². The topological polar surface area (TPSA) is 117 Å². The molecule has 0 aliphatic heterocycles. The lowest BCUT2D eigenvalue weighted by Crippen LogP contribution is -2.34. The van der Waals surface area contributed by atoms with Crippen LogP contribution in [0, 0.1) is 0 Å². The largest absolute Gasteiger partial charge is 0.573 e. The van der Waals surface area contributed by atoms with Crippen molar-refractivity contribution in [1.29, 1.82) is 0 Å². The normalized spacial score (nSPS) is 12.5. The standard InChI is InChI=1S/C22H19F3N6O3/c1-12(15-5-3-4-6-17(15)34-22(23,24)25)27-19(32)16-9-14(11-30(2)20(16)33)13-7-8-31-18(10-13)28-21(26)29-31/h3-12H,1-2H3,(H2,26,29)(H,27,32). The maximum atomic E-state index is 13.0. The van der Waals surface area contributed by atoms with Gasteiger partial charge in [0.15, 0.2) is 5.65 Å². The average molecular weight is 472 g/mol. The Kier molecular flexibility index (Phi) is 5.73. The molecule has 1 atom stereocenters. The molecule has 1 amide bonds. The number of nitrogen functional groups attached to an aromatic ring is 1. The molecule has 0 bridgehead atoms. The van der Waals surface area contributed by atoms with Crippen molar-refractivity contribution >= 4 is 17.5 Å². The van der Waals surface area contributed by atoms with Crippen LogP contribution in [0.5, 0.6) is 5.75 Å². The molecule has 3 aromatic heterocycles. The summed E-state index contributed by atoms with van der Waals surface area (Å²) in [5.74, 6) is -1.09. The second kappa shape index (κ2) is 8.54. The number of nitrogens with zero attached hydrogens (tertiary/aromatic N) is 4. The van der Waals surface area contributed by atoms with E-state index < -0.39 is 29.6 Å². The fourth-order valence-electron chi connectivity index (χ4n) is 3.52. The molecule has 3 N–H and O–H groups in total. The minimum atomic E-state index is -4.89. The molecule has 9 nitrogen and oxygen atoms in total. The summed E-state index contributed by atoms with van der Waals surface area (Å²) < 4.78 is 45.0. The molecule has 4 rings (SSSR count). The Morgan fingerprint density at radius 3 is 2.65 bits per heavy atom. The van der Waals surface area contributed by atoms with Crippen LogP contribution in [-0.4, -0.2) is 31.4 Å². The number of amides is 1. The molecule has 1 aromatic carbocycles. The lowest BCUT2D eigenvalue weighted by molar-refractivity contribution is -0.275. The molecule has 0 saturated carbocycles. The highest BCUT2D eigenvalue weighted by atomic mass is 19.4. The number of nitrogens with two attached hydrogens (primary N) is 1. The van der Waals surface area contributed by atoms with E-state index in [1.165, 1.54) is 47.3 Å². The van der Waals surface area contributed by atoms with Crippen LogP contribution >= 0.6 is 0 Å². The fraction of sp³-hybridized carbons (Fsp3) is 0.182. The molecule has 12 heteroatoms. The SMILES string of the molecule is CC(NC(=O)c1cc(-c2ccn3nc(N)nc3c2)cn(C)c1=O)c1ccccc1OC(F)(F)F. The third-order valence-corrected chi connectivity index (χ3v) is 5.07. The van der Waals surface area contributed by atoms with Gasteiger partial charge < -0.3 is 20.4 Å². The highest BCUT2D eigenvalue weighted by Gasteiger charge is 2.32. The zero-order valence-electron chi connectivity index (χ0n) is 18.0. The molecule has 3 heterocycles. The van der Waals surface area contributed by atoms with E-state index in [1.807, 2.05) is 0 Å². The number of hydrogen-bond acceptors (Lipinski definition) is 6. The average Bonchev–Trinajstić information content (AvgIpc) is 3.13. The van der Waals surface area contributed by atoms with Crippen molar-refractivity contribution in [3.63, 3.8) is 0 Å². The van der Waals surface area contributed by atoms with Gasteiger partial charge in [0, 0.05) is 25.0 Å². The number of halogens is 3. The summed E-state index contributed by atoms with van der Waals surface area (Å²) in [6, 6.07) is 9.41. The predicted molar refractivity (Wildman–Crippen MR) is 117 cm³/mol. The van der Waals surface area contributed by atoms with Crippen LogP contribution in [0.1, 0.15) is 28.9 Å². The van der Waals surface area contributed by atoms with Crippen LogP contribution in [0.4, 0.5) is 19.1 Å². The second-order valence-electron chi connectivity index (χ2n) is 7.53. The van der Waals surface area contributed by atoms with Crippen LogP contribution in [0.25, 0.3) is 16.8 Å². The highest BCUT2D eigenvalue weighted by Crippen LogP contribution is 2.30. The number of anilines is 1. The van der Waals surface area contributed by atoms with Gasteiger partial charge in [0.1, 0.15) is 11.3 Å². The number of pyridine rings is 2. The molecule has 4 aromatic rings. The lowest BCUT2D eigenvalue weighted by atomic mass is 10.0. The Bertz CT molecular complexity index is 1440. The Hall–Kier alpha value is -4.35. The molecular formula is C22H19F3N6O3. The number of carbonyl (C=O) groups is 1. The molecule has 0 aliphatic rings. The minimum Gasteiger partial charge on any atom is -0.405 e. The van der Waals surface area contributed by atoms with Gasteiger partial charge in [-0.15, -0.1) is 18.3 Å². The van der Waals surface area contributed by atoms with Crippen molar-refractivity contribution in [1.82, 2.24) is 24.5 Å². The van der Waals surface area contributed by atoms with Crippen molar-refractivity contribution in [3.8, 4) is 16.9 Å². The summed E-state index contributed by atoms with van der Waals surface area (Å²) in [5.41, 5.74) is 6.65. The van der Waals surface area contributed by atoms with Crippen molar-refractivity contribution in [3.05, 3.63) is 76.3 Å². The van der Waals surface area contributed by atoms with Gasteiger partial charge in [-0.05, 0) is 42.3 Å². The van der Waals surface area contributed by atoms with Crippen LogP contribution in [0.15, 0.2) is 59.7 Å². The van der Waals surface area contributed by atoms with Crippen LogP contribution in [0.3, 0.4) is 0 Å². The van der Waals surface area contributed by atoms with Gasteiger partial charge in [-0.3, -0.25) is 9.59 Å². The third-order valence-electron chi connectivity index (χ3n) is 5.07. The maximum absolute atomic E-state index is 13.0. The van der Waals surface area contributed by atoms with Crippen LogP contribution < -0.4 is 21.3 Å². The Morgan fingerprint density at radius 1 is 1.18 bits per heavy atom. The van der Waals surface area contributed by atoms with Crippen molar-refractivity contribution in [2.75, 3.05) is 5.73 Å². The summed E-state index contributed by atoms with van der Waals surface area (Å²) in [7, 11) is 1.49. The van der Waals surface area contributed by atoms with Crippen LogP contribution in [0.2, 0.25) is 0 Å². The quantitative estimate of drug-likeness (QED) is 0.461. The van der Waals surface area contributed by atoms with Gasteiger partial charge >= 0.3 is 6.36 Å². The highest BCUT2D eigenvalue weighted by molar-refractivity contribution is 5.95. The monoisotopic (exact) mass is 472 g/mol. The molecule has 34 heavy (non-hydrogen) atoms. The number of aromatic nitrogens is 4. The molecule has 0 fully saturated rings. The summed E-state index contributed by atoms with van der Waals surface area (Å²) in [6.07, 6.45) is -1.70. The number of benzene rings is 1. The van der Waals surface area contributed by atoms with Crippen molar-refractivity contribution in [2.24, 2.45) is 7.05 Å². The van der Waals surface area contributed by atoms with Gasteiger partial charge in [-0.1, -0.05) is 18.2 Å². The maximum Gasteiger partial charge on any atom is 0.573 e. The number of hydrogen-bond donors (Lipinski definition) is 2. The van der Waals surface area contributed by atoms with Gasteiger partial charge in [-0.25, -0.2) is 4.52 Å². The molecular weight excluding hydrogens is 453 g/mol. The first-order valence-electron chi connectivity index (χ1n) is 10.0. The van der Waals surface area contributed by atoms with Gasteiger partial charge in [0.25, 0.3) is 11.5 Å². The number of fused-ring (bicyclic) bond motifs is 1. The Labute approximate surface area is 190 Å². The number of ether oxygens (including phenoxy) is 1. The Balaban J connectivity index is 1.65. The second-order valence-corrected chi connectivity index (χ2v) is 7.53. The molecule has 0 saturated heterocycles. The Morgan fingerprint density at radius 2 is 1.91 bits per heavy atom. The molecule has 0 spiro atoms. The smallest absolute Gasteiger partial charge is 0.405 e. The lowest BCUT2D eigenvalue weighted by Gasteiger charge is -2.19. The summed E-state index contributed by atoms with van der Waals surface area (Å²) in [6.45, 7) is 1.49. The zero-order chi connectivity index (χ0) is 24.6. The molecule has 176 valence electrons. The molecule has 0 radical (unpaired) electrons. The van der Waals surface area contributed by atoms with Crippen molar-refractivity contribution in [2.45, 2.75) is 19.3 Å². The molecule has 0 aliphatic carbocycles. The number of para-hydroxylation sites is 1. The molecule has 1 unspecified atom stereocenters. The predicted octanol–water partition coefficient (Wildman–Crippen LogP) is 3.07. The zero-order valence-corrected chi connectivity index (χ0v) is 18.0. The number of alkyl halides is 3. The third kappa shape index (κ3) is 4.70. The van der Waals surface area contributed by atoms with Gasteiger partial charge in [0.2, 0.25) is 5.95 Å². The van der Waals surface area contributed by atoms with Crippen LogP contribution in [-0.2, 0) is 7.05 Å². The van der Waals surface area contributed by atoms with Gasteiger partial charge in [0.05, 0.1) is 6.04 Å². The first kappa shape index (κ1) is 22.8.